The summed E-state index contributed by atoms with van der Waals surface area (Å²) in [5.41, 5.74) is 10.2. The predicted molar refractivity (Wildman–Crippen MR) is 179 cm³/mol. The van der Waals surface area contributed by atoms with E-state index in [1.807, 2.05) is 0 Å². The molecule has 2 aromatic carbocycles. The average Bonchev–Trinajstić information content (AvgIpc) is 3.03. The van der Waals surface area contributed by atoms with E-state index in [0.717, 1.165) is 0 Å². The molecule has 3 amide bonds. The third-order valence-corrected chi connectivity index (χ3v) is 7.58. The first kappa shape index (κ1) is 39.4. The van der Waals surface area contributed by atoms with Crippen molar-refractivity contribution in [1.29, 1.82) is 0 Å². The topological polar surface area (TPSA) is 213 Å². The SMILES string of the molecule is C=C(c1ccc(O)c(O)c1)N(C[C@H](O)C(C(=O)[C@@H](NC(=O)OCC)C(C)C)C(N)c1ccccc1)NC(=O)[C@@H](NC(=O)OCC)C(C)C. The van der Waals surface area contributed by atoms with Gasteiger partial charge in [-0.3, -0.25) is 20.0 Å². The van der Waals surface area contributed by atoms with Gasteiger partial charge in [-0.25, -0.2) is 9.59 Å². The fraction of sp³-hybridized carbons (Fsp3) is 0.471. The number of carbonyl (C=O) groups excluding carboxylic acids is 4. The minimum absolute atomic E-state index is 0.0564. The van der Waals surface area contributed by atoms with Crippen LogP contribution in [-0.2, 0) is 19.1 Å². The molecule has 14 nitrogen and oxygen atoms in total. The number of nitrogens with two attached hydrogens (primary N) is 1. The Morgan fingerprint density at radius 3 is 1.90 bits per heavy atom. The van der Waals surface area contributed by atoms with E-state index < -0.39 is 83.9 Å². The summed E-state index contributed by atoms with van der Waals surface area (Å²) in [5, 5.41) is 38.2. The quantitative estimate of drug-likeness (QED) is 0.0958. The lowest BCUT2D eigenvalue weighted by Crippen LogP contribution is -2.57. The number of hydrogen-bond donors (Lipinski definition) is 7. The first-order valence-corrected chi connectivity index (χ1v) is 15.8. The highest BCUT2D eigenvalue weighted by molar-refractivity contribution is 5.91. The van der Waals surface area contributed by atoms with Crippen molar-refractivity contribution in [3.63, 3.8) is 0 Å². The van der Waals surface area contributed by atoms with E-state index in [4.69, 9.17) is 15.2 Å². The molecule has 0 aliphatic carbocycles. The van der Waals surface area contributed by atoms with E-state index >= 15 is 0 Å². The Labute approximate surface area is 281 Å². The number of phenols is 2. The Bertz CT molecular complexity index is 1400. The van der Waals surface area contributed by atoms with Crippen molar-refractivity contribution >= 4 is 29.6 Å². The molecule has 0 saturated heterocycles. The molecule has 0 aromatic heterocycles. The highest BCUT2D eigenvalue weighted by atomic mass is 16.6. The van der Waals surface area contributed by atoms with Crippen molar-refractivity contribution < 1.29 is 44.0 Å². The van der Waals surface area contributed by atoms with E-state index in [2.05, 4.69) is 22.6 Å². The third kappa shape index (κ3) is 10.9. The molecule has 0 aliphatic rings. The van der Waals surface area contributed by atoms with Gasteiger partial charge in [0.05, 0.1) is 43.5 Å². The minimum Gasteiger partial charge on any atom is -0.504 e. The van der Waals surface area contributed by atoms with Gasteiger partial charge < -0.3 is 41.2 Å². The predicted octanol–water partition coefficient (Wildman–Crippen LogP) is 3.19. The Morgan fingerprint density at radius 1 is 0.854 bits per heavy atom. The smallest absolute Gasteiger partial charge is 0.407 e. The molecule has 2 aromatic rings. The van der Waals surface area contributed by atoms with Crippen LogP contribution >= 0.6 is 0 Å². The van der Waals surface area contributed by atoms with Crippen molar-refractivity contribution in [2.24, 2.45) is 23.5 Å². The summed E-state index contributed by atoms with van der Waals surface area (Å²) in [6.07, 6.45) is -3.21. The summed E-state index contributed by atoms with van der Waals surface area (Å²) >= 11 is 0. The Hall–Kier alpha value is -4.82. The maximum absolute atomic E-state index is 14.2. The lowest BCUT2D eigenvalue weighted by molar-refractivity contribution is -0.132. The molecular weight excluding hydrogens is 622 g/mol. The largest absolute Gasteiger partial charge is 0.504 e. The molecule has 0 saturated carbocycles. The number of rotatable bonds is 17. The fourth-order valence-corrected chi connectivity index (χ4v) is 4.98. The fourth-order valence-electron chi connectivity index (χ4n) is 4.98. The molecule has 14 heteroatoms. The molecule has 264 valence electrons. The number of aromatic hydroxyl groups is 2. The molecular formula is C34H49N5O9. The molecule has 8 N–H and O–H groups in total. The van der Waals surface area contributed by atoms with Crippen molar-refractivity contribution in [3.8, 4) is 11.5 Å². The van der Waals surface area contributed by atoms with Crippen molar-refractivity contribution in [1.82, 2.24) is 21.1 Å². The van der Waals surface area contributed by atoms with E-state index in [1.165, 1.54) is 23.2 Å². The molecule has 48 heavy (non-hydrogen) atoms. The van der Waals surface area contributed by atoms with Crippen LogP contribution in [-0.4, -0.2) is 82.2 Å². The van der Waals surface area contributed by atoms with Gasteiger partial charge in [0.15, 0.2) is 17.3 Å². The van der Waals surface area contributed by atoms with Crippen molar-refractivity contribution in [3.05, 3.63) is 66.2 Å². The summed E-state index contributed by atoms with van der Waals surface area (Å²) in [6.45, 7) is 13.8. The number of nitrogens with zero attached hydrogens (tertiary/aromatic N) is 1. The van der Waals surface area contributed by atoms with Crippen molar-refractivity contribution in [2.75, 3.05) is 19.8 Å². The second-order valence-corrected chi connectivity index (χ2v) is 11.8. The first-order valence-electron chi connectivity index (χ1n) is 15.8. The Kier molecular flexibility index (Phi) is 15.2. The van der Waals surface area contributed by atoms with Crippen LogP contribution in [0.3, 0.4) is 0 Å². The number of ketones is 1. The van der Waals surface area contributed by atoms with Crippen LogP contribution in [0.2, 0.25) is 0 Å². The van der Waals surface area contributed by atoms with E-state index in [9.17, 15) is 34.5 Å². The minimum atomic E-state index is -1.59. The van der Waals surface area contributed by atoms with Crippen LogP contribution < -0.4 is 21.8 Å². The third-order valence-electron chi connectivity index (χ3n) is 7.58. The number of nitrogens with one attached hydrogen (secondary N) is 3. The maximum Gasteiger partial charge on any atom is 0.407 e. The first-order chi connectivity index (χ1) is 22.6. The van der Waals surface area contributed by atoms with E-state index in [-0.39, 0.29) is 24.5 Å². The van der Waals surface area contributed by atoms with Gasteiger partial charge in [0.2, 0.25) is 0 Å². The van der Waals surface area contributed by atoms with Crippen LogP contribution in [0.5, 0.6) is 11.5 Å². The van der Waals surface area contributed by atoms with Crippen LogP contribution in [0, 0.1) is 17.8 Å². The van der Waals surface area contributed by atoms with E-state index in [1.54, 1.807) is 71.9 Å². The van der Waals surface area contributed by atoms with Gasteiger partial charge >= 0.3 is 12.2 Å². The van der Waals surface area contributed by atoms with E-state index in [0.29, 0.717) is 5.56 Å². The highest BCUT2D eigenvalue weighted by Gasteiger charge is 2.40. The average molecular weight is 672 g/mol. The highest BCUT2D eigenvalue weighted by Crippen LogP contribution is 2.31. The lowest BCUT2D eigenvalue weighted by atomic mass is 9.80. The zero-order valence-electron chi connectivity index (χ0n) is 28.3. The molecule has 0 aliphatic heterocycles. The van der Waals surface area contributed by atoms with Gasteiger partial charge in [-0.05, 0) is 49.4 Å². The number of phenolic OH excluding ortho intramolecular Hbond substituents is 2. The normalized spacial score (nSPS) is 14.2. The molecule has 2 unspecified atom stereocenters. The number of carbonyl (C=O) groups is 4. The Morgan fingerprint density at radius 2 is 1.40 bits per heavy atom. The maximum atomic E-state index is 14.2. The zero-order chi connectivity index (χ0) is 36.1. The van der Waals surface area contributed by atoms with Crippen LogP contribution in [0.25, 0.3) is 5.70 Å². The Balaban J connectivity index is 2.59. The summed E-state index contributed by atoms with van der Waals surface area (Å²) in [6, 6.07) is 9.24. The van der Waals surface area contributed by atoms with Gasteiger partial charge in [0.25, 0.3) is 5.91 Å². The summed E-state index contributed by atoms with van der Waals surface area (Å²) in [7, 11) is 0. The lowest BCUT2D eigenvalue weighted by Gasteiger charge is -2.36. The second kappa shape index (κ2) is 18.5. The van der Waals surface area contributed by atoms with Crippen LogP contribution in [0.15, 0.2) is 55.1 Å². The number of ether oxygens (including phenoxy) is 2. The molecule has 0 bridgehead atoms. The standard InChI is InChI=1S/C34H49N5O9/c1-8-47-33(45)36-29(19(3)4)31(43)27(28(35)22-13-11-10-12-14-22)26(42)18-39(21(7)23-15-16-24(40)25(41)17-23)38-32(44)30(20(5)6)37-34(46)48-9-2/h10-17,19-20,26-30,40-42H,7-9,18,35H2,1-6H3,(H,36,45)(H,37,46)(H,38,44)/t26-,27?,28?,29-,30-/m0/s1. The molecule has 0 spiro atoms. The monoisotopic (exact) mass is 671 g/mol. The van der Waals surface area contributed by atoms with Crippen molar-refractivity contribution in [2.45, 2.75) is 65.8 Å². The molecule has 0 heterocycles. The summed E-state index contributed by atoms with van der Waals surface area (Å²) < 4.78 is 9.96. The number of hydrogen-bond acceptors (Lipinski definition) is 11. The summed E-state index contributed by atoms with van der Waals surface area (Å²) in [5.74, 6) is -4.30. The number of amides is 3. The van der Waals surface area contributed by atoms with Gasteiger partial charge in [-0.15, -0.1) is 0 Å². The number of aliphatic hydroxyl groups excluding tert-OH is 1. The zero-order valence-corrected chi connectivity index (χ0v) is 28.3. The summed E-state index contributed by atoms with van der Waals surface area (Å²) in [4.78, 5) is 52.5. The number of benzene rings is 2. The number of Topliss-reactive ketones (excluding diaryl/α,β-unsaturated/α-hetero) is 1. The second-order valence-electron chi connectivity index (χ2n) is 11.8. The number of alkyl carbamates (subject to hydrolysis) is 2. The molecule has 5 atom stereocenters. The van der Waals surface area contributed by atoms with Gasteiger partial charge in [0.1, 0.15) is 6.04 Å². The molecule has 0 fully saturated rings. The van der Waals surface area contributed by atoms with Gasteiger partial charge in [-0.2, -0.15) is 0 Å². The molecule has 2 rings (SSSR count). The number of aliphatic hydroxyl groups is 1. The number of hydrazine groups is 1. The molecule has 0 radical (unpaired) electrons. The van der Waals surface area contributed by atoms with Gasteiger partial charge in [-0.1, -0.05) is 64.6 Å². The van der Waals surface area contributed by atoms with Crippen LogP contribution in [0.1, 0.15) is 58.7 Å². The van der Waals surface area contributed by atoms with Gasteiger partial charge in [0, 0.05) is 11.6 Å². The van der Waals surface area contributed by atoms with Crippen LogP contribution in [0.4, 0.5) is 9.59 Å².